The Bertz CT molecular complexity index is 317. The minimum atomic E-state index is 0.586. The lowest BCUT2D eigenvalue weighted by Crippen LogP contribution is -2.26. The summed E-state index contributed by atoms with van der Waals surface area (Å²) in [6, 6.07) is 2.16. The van der Waals surface area contributed by atoms with Gasteiger partial charge < -0.3 is 5.32 Å². The summed E-state index contributed by atoms with van der Waals surface area (Å²) in [7, 11) is 0. The molecule has 0 amide bonds. The van der Waals surface area contributed by atoms with E-state index in [1.807, 2.05) is 11.3 Å². The maximum atomic E-state index is 3.62. The van der Waals surface area contributed by atoms with E-state index >= 15 is 0 Å². The summed E-state index contributed by atoms with van der Waals surface area (Å²) in [5.74, 6) is 0. The van der Waals surface area contributed by atoms with Gasteiger partial charge in [-0.1, -0.05) is 6.92 Å². The highest BCUT2D eigenvalue weighted by molar-refractivity contribution is 9.10. The second kappa shape index (κ2) is 4.98. The number of halogens is 1. The normalized spacial score (nSPS) is 18.0. The molecule has 0 saturated heterocycles. The van der Waals surface area contributed by atoms with Crippen molar-refractivity contribution >= 4 is 27.3 Å². The Labute approximate surface area is 104 Å². The lowest BCUT2D eigenvalue weighted by molar-refractivity contribution is 0.458. The average molecular weight is 288 g/mol. The van der Waals surface area contributed by atoms with E-state index < -0.39 is 0 Å². The highest BCUT2D eigenvalue weighted by atomic mass is 79.9. The van der Waals surface area contributed by atoms with Gasteiger partial charge in [0.2, 0.25) is 0 Å². The van der Waals surface area contributed by atoms with Gasteiger partial charge in [-0.15, -0.1) is 11.3 Å². The van der Waals surface area contributed by atoms with Crippen molar-refractivity contribution in [3.8, 4) is 0 Å². The van der Waals surface area contributed by atoms with Crippen LogP contribution in [-0.2, 0) is 6.42 Å². The van der Waals surface area contributed by atoms with Crippen LogP contribution in [-0.4, -0.2) is 13.1 Å². The quantitative estimate of drug-likeness (QED) is 0.784. The molecule has 0 unspecified atom stereocenters. The minimum absolute atomic E-state index is 0.586. The first-order chi connectivity index (χ1) is 7.26. The molecule has 0 aromatic carbocycles. The first-order valence-corrected chi connectivity index (χ1v) is 7.36. The highest BCUT2D eigenvalue weighted by Crippen LogP contribution is 2.49. The van der Waals surface area contributed by atoms with Crippen molar-refractivity contribution < 1.29 is 0 Å². The van der Waals surface area contributed by atoms with Crippen molar-refractivity contribution in [1.29, 1.82) is 0 Å². The molecule has 1 heterocycles. The van der Waals surface area contributed by atoms with Crippen LogP contribution in [0.1, 0.15) is 31.1 Å². The maximum Gasteiger partial charge on any atom is 0.0314 e. The van der Waals surface area contributed by atoms with Crippen LogP contribution in [0.3, 0.4) is 0 Å². The summed E-state index contributed by atoms with van der Waals surface area (Å²) < 4.78 is 1.30. The Kier molecular flexibility index (Phi) is 3.86. The van der Waals surface area contributed by atoms with Gasteiger partial charge in [0, 0.05) is 15.9 Å². The van der Waals surface area contributed by atoms with Gasteiger partial charge in [0.1, 0.15) is 0 Å². The SMILES string of the molecule is CCCNCC1(Cc2sccc2Br)CC1. The molecule has 84 valence electrons. The Morgan fingerprint density at radius 1 is 1.53 bits per heavy atom. The van der Waals surface area contributed by atoms with E-state index in [-0.39, 0.29) is 0 Å². The third-order valence-corrected chi connectivity index (χ3v) is 5.04. The van der Waals surface area contributed by atoms with E-state index in [2.05, 4.69) is 39.6 Å². The molecule has 1 aliphatic carbocycles. The second-order valence-corrected chi connectivity index (χ2v) is 6.40. The number of nitrogens with one attached hydrogen (secondary N) is 1. The molecule has 1 N–H and O–H groups in total. The average Bonchev–Trinajstić information content (AvgIpc) is 2.86. The van der Waals surface area contributed by atoms with Crippen LogP contribution in [0.25, 0.3) is 0 Å². The summed E-state index contributed by atoms with van der Waals surface area (Å²) in [6.45, 7) is 4.58. The molecule has 1 aliphatic rings. The Morgan fingerprint density at radius 3 is 2.87 bits per heavy atom. The number of thiophene rings is 1. The molecular weight excluding hydrogens is 270 g/mol. The molecule has 1 fully saturated rings. The predicted molar refractivity (Wildman–Crippen MR) is 70.6 cm³/mol. The van der Waals surface area contributed by atoms with Crippen LogP contribution < -0.4 is 5.32 Å². The standard InChI is InChI=1S/C12H18BrNS/c1-2-6-14-9-12(4-5-12)8-11-10(13)3-7-15-11/h3,7,14H,2,4-6,8-9H2,1H3. The van der Waals surface area contributed by atoms with E-state index in [1.54, 1.807) is 0 Å². The van der Waals surface area contributed by atoms with Gasteiger partial charge in [0.25, 0.3) is 0 Å². The summed E-state index contributed by atoms with van der Waals surface area (Å²) in [5, 5.41) is 5.73. The Morgan fingerprint density at radius 2 is 2.33 bits per heavy atom. The fourth-order valence-electron chi connectivity index (χ4n) is 1.91. The van der Waals surface area contributed by atoms with E-state index in [0.29, 0.717) is 5.41 Å². The molecule has 0 aliphatic heterocycles. The van der Waals surface area contributed by atoms with Gasteiger partial charge >= 0.3 is 0 Å². The van der Waals surface area contributed by atoms with Gasteiger partial charge in [-0.25, -0.2) is 0 Å². The molecule has 1 saturated carbocycles. The highest BCUT2D eigenvalue weighted by Gasteiger charge is 2.42. The molecule has 15 heavy (non-hydrogen) atoms. The van der Waals surface area contributed by atoms with E-state index in [1.165, 1.54) is 41.6 Å². The van der Waals surface area contributed by atoms with Crippen LogP contribution in [0.4, 0.5) is 0 Å². The Hall–Kier alpha value is 0.140. The largest absolute Gasteiger partial charge is 0.316 e. The van der Waals surface area contributed by atoms with Crippen LogP contribution in [0.5, 0.6) is 0 Å². The topological polar surface area (TPSA) is 12.0 Å². The maximum absolute atomic E-state index is 3.62. The van der Waals surface area contributed by atoms with Crippen LogP contribution in [0, 0.1) is 5.41 Å². The van der Waals surface area contributed by atoms with E-state index in [9.17, 15) is 0 Å². The number of rotatable bonds is 6. The van der Waals surface area contributed by atoms with Crippen molar-refractivity contribution in [3.05, 3.63) is 20.8 Å². The molecule has 0 atom stereocenters. The molecule has 1 aromatic rings. The van der Waals surface area contributed by atoms with Crippen LogP contribution in [0.2, 0.25) is 0 Å². The molecule has 0 radical (unpaired) electrons. The summed E-state index contributed by atoms with van der Waals surface area (Å²) in [5.41, 5.74) is 0.586. The first kappa shape index (κ1) is 11.6. The fraction of sp³-hybridized carbons (Fsp3) is 0.667. The van der Waals surface area contributed by atoms with E-state index in [0.717, 1.165) is 6.54 Å². The smallest absolute Gasteiger partial charge is 0.0314 e. The van der Waals surface area contributed by atoms with Crippen molar-refractivity contribution in [2.45, 2.75) is 32.6 Å². The van der Waals surface area contributed by atoms with Crippen LogP contribution >= 0.6 is 27.3 Å². The third-order valence-electron chi connectivity index (χ3n) is 3.11. The van der Waals surface area contributed by atoms with Gasteiger partial charge in [-0.2, -0.15) is 0 Å². The zero-order valence-corrected chi connectivity index (χ0v) is 11.6. The molecule has 0 spiro atoms. The second-order valence-electron chi connectivity index (χ2n) is 4.55. The monoisotopic (exact) mass is 287 g/mol. The number of hydrogen-bond acceptors (Lipinski definition) is 2. The first-order valence-electron chi connectivity index (χ1n) is 5.68. The molecular formula is C12H18BrNS. The van der Waals surface area contributed by atoms with Gasteiger partial charge in [0.15, 0.2) is 0 Å². The Balaban J connectivity index is 1.86. The van der Waals surface area contributed by atoms with E-state index in [4.69, 9.17) is 0 Å². The predicted octanol–water partition coefficient (Wildman–Crippen LogP) is 3.83. The summed E-state index contributed by atoms with van der Waals surface area (Å²) in [4.78, 5) is 1.52. The summed E-state index contributed by atoms with van der Waals surface area (Å²) >= 11 is 5.50. The van der Waals surface area contributed by atoms with Crippen molar-refractivity contribution in [2.75, 3.05) is 13.1 Å². The lowest BCUT2D eigenvalue weighted by Gasteiger charge is -2.15. The van der Waals surface area contributed by atoms with Crippen LogP contribution in [0.15, 0.2) is 15.9 Å². The third kappa shape index (κ3) is 3.05. The minimum Gasteiger partial charge on any atom is -0.316 e. The van der Waals surface area contributed by atoms with Crippen molar-refractivity contribution in [3.63, 3.8) is 0 Å². The molecule has 2 rings (SSSR count). The summed E-state index contributed by atoms with van der Waals surface area (Å²) in [6.07, 6.45) is 5.28. The van der Waals surface area contributed by atoms with Crippen molar-refractivity contribution in [2.24, 2.45) is 5.41 Å². The molecule has 1 nitrogen and oxygen atoms in total. The molecule has 0 bridgehead atoms. The lowest BCUT2D eigenvalue weighted by atomic mass is 10.0. The zero-order valence-electron chi connectivity index (χ0n) is 9.18. The molecule has 1 aromatic heterocycles. The van der Waals surface area contributed by atoms with Gasteiger partial charge in [0.05, 0.1) is 0 Å². The van der Waals surface area contributed by atoms with Crippen molar-refractivity contribution in [1.82, 2.24) is 5.32 Å². The zero-order chi connectivity index (χ0) is 10.7. The fourth-order valence-corrected chi connectivity index (χ4v) is 3.58. The molecule has 3 heteroatoms. The van der Waals surface area contributed by atoms with Gasteiger partial charge in [-0.05, 0) is 65.0 Å². The number of hydrogen-bond donors (Lipinski definition) is 1. The van der Waals surface area contributed by atoms with Gasteiger partial charge in [-0.3, -0.25) is 0 Å².